The van der Waals surface area contributed by atoms with Crippen molar-refractivity contribution in [3.8, 4) is 0 Å². The average molecular weight is 278 g/mol. The predicted octanol–water partition coefficient (Wildman–Crippen LogP) is 4.14. The molecule has 1 heterocycles. The maximum absolute atomic E-state index is 12.3. The first-order chi connectivity index (χ1) is 9.09. The van der Waals surface area contributed by atoms with E-state index in [-0.39, 0.29) is 5.91 Å². The number of hydrogen-bond acceptors (Lipinski definition) is 1. The summed E-state index contributed by atoms with van der Waals surface area (Å²) in [6, 6.07) is 8.20. The zero-order chi connectivity index (χ0) is 13.8. The van der Waals surface area contributed by atoms with Gasteiger partial charge in [0.05, 0.1) is 0 Å². The first-order valence-corrected chi connectivity index (χ1v) is 7.22. The van der Waals surface area contributed by atoms with E-state index in [1.807, 2.05) is 29.2 Å². The van der Waals surface area contributed by atoms with Gasteiger partial charge in [-0.05, 0) is 50.8 Å². The molecule has 0 N–H and O–H groups in total. The normalized spacial score (nSPS) is 23.8. The molecule has 3 heteroatoms. The Morgan fingerprint density at radius 3 is 2.53 bits per heavy atom. The van der Waals surface area contributed by atoms with E-state index in [0.717, 1.165) is 18.4 Å². The maximum atomic E-state index is 12.3. The number of halogens is 1. The van der Waals surface area contributed by atoms with Gasteiger partial charge in [0.1, 0.15) is 0 Å². The van der Waals surface area contributed by atoms with Crippen LogP contribution in [0.2, 0.25) is 5.02 Å². The largest absolute Gasteiger partial charge is 0.334 e. The number of carbonyl (C=O) groups is 1. The van der Waals surface area contributed by atoms with E-state index in [4.69, 9.17) is 11.6 Å². The molecule has 0 unspecified atom stereocenters. The summed E-state index contributed by atoms with van der Waals surface area (Å²) in [6.45, 7) is 4.24. The van der Waals surface area contributed by atoms with Crippen LogP contribution in [0.3, 0.4) is 0 Å². The molecule has 0 aliphatic carbocycles. The minimum atomic E-state index is 0.0830. The Morgan fingerprint density at radius 1 is 1.26 bits per heavy atom. The summed E-state index contributed by atoms with van der Waals surface area (Å²) in [6.07, 6.45) is 6.84. The number of benzene rings is 1. The molecule has 102 valence electrons. The van der Waals surface area contributed by atoms with Crippen LogP contribution in [0, 0.1) is 0 Å². The standard InChI is InChI=1S/C16H20ClNO/c1-12-6-5-7-13(2)18(12)16(19)11-10-14-8-3-4-9-15(14)17/h3-4,8-13H,5-7H2,1-2H3/b11-10+/t12-,13-/m1/s1. The fraction of sp³-hybridized carbons (Fsp3) is 0.438. The van der Waals surface area contributed by atoms with Crippen molar-refractivity contribution in [3.63, 3.8) is 0 Å². The van der Waals surface area contributed by atoms with Crippen molar-refractivity contribution in [2.45, 2.75) is 45.2 Å². The minimum absolute atomic E-state index is 0.0830. The molecule has 1 fully saturated rings. The van der Waals surface area contributed by atoms with Gasteiger partial charge in [-0.25, -0.2) is 0 Å². The highest BCUT2D eigenvalue weighted by atomic mass is 35.5. The van der Waals surface area contributed by atoms with Crippen molar-refractivity contribution < 1.29 is 4.79 Å². The lowest BCUT2D eigenvalue weighted by atomic mass is 9.97. The summed E-state index contributed by atoms with van der Waals surface area (Å²) in [5.41, 5.74) is 0.884. The van der Waals surface area contributed by atoms with E-state index < -0.39 is 0 Å². The number of amides is 1. The number of likely N-dealkylation sites (tertiary alicyclic amines) is 1. The summed E-state index contributed by atoms with van der Waals surface area (Å²) >= 11 is 6.07. The zero-order valence-corrected chi connectivity index (χ0v) is 12.2. The molecule has 2 nitrogen and oxygen atoms in total. The third-order valence-electron chi connectivity index (χ3n) is 3.76. The Kier molecular flexibility index (Phi) is 4.65. The molecule has 1 saturated heterocycles. The molecule has 0 radical (unpaired) electrons. The fourth-order valence-corrected chi connectivity index (χ4v) is 2.91. The molecular weight excluding hydrogens is 258 g/mol. The first kappa shape index (κ1) is 14.1. The molecule has 0 aromatic heterocycles. The highest BCUT2D eigenvalue weighted by Crippen LogP contribution is 2.23. The van der Waals surface area contributed by atoms with Gasteiger partial charge in [0.15, 0.2) is 0 Å². The van der Waals surface area contributed by atoms with Gasteiger partial charge in [-0.3, -0.25) is 4.79 Å². The van der Waals surface area contributed by atoms with Gasteiger partial charge in [-0.2, -0.15) is 0 Å². The lowest BCUT2D eigenvalue weighted by Gasteiger charge is -2.38. The van der Waals surface area contributed by atoms with Crippen molar-refractivity contribution in [3.05, 3.63) is 40.9 Å². The third-order valence-corrected chi connectivity index (χ3v) is 4.10. The van der Waals surface area contributed by atoms with Gasteiger partial charge in [-0.15, -0.1) is 0 Å². The summed E-state index contributed by atoms with van der Waals surface area (Å²) < 4.78 is 0. The molecule has 2 rings (SSSR count). The quantitative estimate of drug-likeness (QED) is 0.744. The molecule has 1 aromatic rings. The molecule has 2 atom stereocenters. The topological polar surface area (TPSA) is 20.3 Å². The molecule has 0 saturated carbocycles. The molecular formula is C16H20ClNO. The van der Waals surface area contributed by atoms with Gasteiger partial charge in [0, 0.05) is 23.2 Å². The van der Waals surface area contributed by atoms with Crippen LogP contribution in [0.5, 0.6) is 0 Å². The fourth-order valence-electron chi connectivity index (χ4n) is 2.71. The maximum Gasteiger partial charge on any atom is 0.247 e. The number of carbonyl (C=O) groups excluding carboxylic acids is 1. The lowest BCUT2D eigenvalue weighted by Crippen LogP contribution is -2.46. The molecule has 1 aliphatic rings. The Labute approximate surface area is 120 Å². The molecule has 0 bridgehead atoms. The lowest BCUT2D eigenvalue weighted by molar-refractivity contribution is -0.131. The Balaban J connectivity index is 2.10. The molecule has 1 amide bonds. The van der Waals surface area contributed by atoms with Crippen molar-refractivity contribution in [1.29, 1.82) is 0 Å². The predicted molar refractivity (Wildman–Crippen MR) is 80.1 cm³/mol. The van der Waals surface area contributed by atoms with Crippen LogP contribution < -0.4 is 0 Å². The summed E-state index contributed by atoms with van der Waals surface area (Å²) in [7, 11) is 0. The van der Waals surface area contributed by atoms with Crippen molar-refractivity contribution in [2.75, 3.05) is 0 Å². The van der Waals surface area contributed by atoms with E-state index in [2.05, 4.69) is 13.8 Å². The van der Waals surface area contributed by atoms with Crippen LogP contribution in [-0.2, 0) is 4.79 Å². The zero-order valence-electron chi connectivity index (χ0n) is 11.5. The Morgan fingerprint density at radius 2 is 1.89 bits per heavy atom. The van der Waals surface area contributed by atoms with E-state index in [9.17, 15) is 4.79 Å². The number of rotatable bonds is 2. The van der Waals surface area contributed by atoms with Crippen LogP contribution in [0.15, 0.2) is 30.3 Å². The third kappa shape index (κ3) is 3.38. The molecule has 1 aromatic carbocycles. The van der Waals surface area contributed by atoms with Gasteiger partial charge >= 0.3 is 0 Å². The highest BCUT2D eigenvalue weighted by Gasteiger charge is 2.27. The number of nitrogens with zero attached hydrogens (tertiary/aromatic N) is 1. The number of hydrogen-bond donors (Lipinski definition) is 0. The number of piperidine rings is 1. The van der Waals surface area contributed by atoms with Crippen LogP contribution in [0.1, 0.15) is 38.7 Å². The monoisotopic (exact) mass is 277 g/mol. The van der Waals surface area contributed by atoms with E-state index in [1.165, 1.54) is 6.42 Å². The summed E-state index contributed by atoms with van der Waals surface area (Å²) in [5, 5.41) is 0.672. The summed E-state index contributed by atoms with van der Waals surface area (Å²) in [4.78, 5) is 14.3. The van der Waals surface area contributed by atoms with Gasteiger partial charge in [0.2, 0.25) is 5.91 Å². The smallest absolute Gasteiger partial charge is 0.247 e. The Bertz CT molecular complexity index is 473. The van der Waals surface area contributed by atoms with Gasteiger partial charge in [-0.1, -0.05) is 29.8 Å². The van der Waals surface area contributed by atoms with E-state index in [0.29, 0.717) is 17.1 Å². The Hall–Kier alpha value is -1.28. The van der Waals surface area contributed by atoms with Crippen molar-refractivity contribution in [2.24, 2.45) is 0 Å². The minimum Gasteiger partial charge on any atom is -0.334 e. The SMILES string of the molecule is C[C@@H]1CCC[C@@H](C)N1C(=O)/C=C/c1ccccc1Cl. The second kappa shape index (κ2) is 6.25. The van der Waals surface area contributed by atoms with Crippen LogP contribution in [0.4, 0.5) is 0 Å². The molecule has 0 spiro atoms. The van der Waals surface area contributed by atoms with Crippen molar-refractivity contribution in [1.82, 2.24) is 4.90 Å². The highest BCUT2D eigenvalue weighted by molar-refractivity contribution is 6.32. The molecule has 1 aliphatic heterocycles. The summed E-state index contributed by atoms with van der Waals surface area (Å²) in [5.74, 6) is 0.0830. The van der Waals surface area contributed by atoms with Crippen LogP contribution in [0.25, 0.3) is 6.08 Å². The second-order valence-electron chi connectivity index (χ2n) is 5.23. The van der Waals surface area contributed by atoms with Crippen molar-refractivity contribution >= 4 is 23.6 Å². The van der Waals surface area contributed by atoms with Gasteiger partial charge < -0.3 is 4.90 Å². The van der Waals surface area contributed by atoms with E-state index >= 15 is 0 Å². The van der Waals surface area contributed by atoms with E-state index in [1.54, 1.807) is 12.2 Å². The molecule has 19 heavy (non-hydrogen) atoms. The average Bonchev–Trinajstić information content (AvgIpc) is 2.37. The van der Waals surface area contributed by atoms with Gasteiger partial charge in [0.25, 0.3) is 0 Å². The van der Waals surface area contributed by atoms with Crippen LogP contribution >= 0.6 is 11.6 Å². The van der Waals surface area contributed by atoms with Crippen LogP contribution in [-0.4, -0.2) is 22.9 Å². The first-order valence-electron chi connectivity index (χ1n) is 6.84. The second-order valence-corrected chi connectivity index (χ2v) is 5.64.